The van der Waals surface area contributed by atoms with Gasteiger partial charge in [-0.3, -0.25) is 0 Å². The molecule has 2 rings (SSSR count). The number of rotatable bonds is 4. The molecular weight excluding hydrogens is 294 g/mol. The molecule has 0 radical (unpaired) electrons. The molecule has 0 atom stereocenters. The van der Waals surface area contributed by atoms with Crippen LogP contribution >= 0.6 is 11.8 Å². The van der Waals surface area contributed by atoms with Gasteiger partial charge in [0.05, 0.1) is 16.9 Å². The fraction of sp³-hybridized carbons (Fsp3) is 0.143. The summed E-state index contributed by atoms with van der Waals surface area (Å²) in [5, 5.41) is 0. The predicted molar refractivity (Wildman–Crippen MR) is 81.1 cm³/mol. The van der Waals surface area contributed by atoms with Gasteiger partial charge < -0.3 is 10.5 Å². The molecule has 2 aromatic rings. The van der Waals surface area contributed by atoms with E-state index in [0.29, 0.717) is 5.69 Å². The van der Waals surface area contributed by atoms with Crippen LogP contribution in [0.15, 0.2) is 57.2 Å². The highest BCUT2D eigenvalue weighted by atomic mass is 32.2. The molecule has 0 spiro atoms. The second kappa shape index (κ2) is 5.76. The van der Waals surface area contributed by atoms with Crippen molar-refractivity contribution in [3.05, 3.63) is 42.5 Å². The van der Waals surface area contributed by atoms with Crippen LogP contribution in [-0.2, 0) is 9.84 Å². The van der Waals surface area contributed by atoms with E-state index in [1.165, 1.54) is 17.8 Å². The molecule has 0 aliphatic carbocycles. The second-order valence-corrected chi connectivity index (χ2v) is 7.32. The van der Waals surface area contributed by atoms with Crippen LogP contribution < -0.4 is 10.5 Å². The zero-order chi connectivity index (χ0) is 14.8. The Bertz CT molecular complexity index is 727. The van der Waals surface area contributed by atoms with Crippen LogP contribution in [0.3, 0.4) is 0 Å². The van der Waals surface area contributed by atoms with Crippen molar-refractivity contribution in [2.75, 3.05) is 19.1 Å². The molecule has 106 valence electrons. The second-order valence-electron chi connectivity index (χ2n) is 4.22. The lowest BCUT2D eigenvalue weighted by molar-refractivity contribution is 0.405. The summed E-state index contributed by atoms with van der Waals surface area (Å²) in [6.07, 6.45) is 1.16. The molecule has 0 unspecified atom stereocenters. The largest absolute Gasteiger partial charge is 0.496 e. The topological polar surface area (TPSA) is 69.4 Å². The maximum absolute atomic E-state index is 11.5. The van der Waals surface area contributed by atoms with E-state index in [-0.39, 0.29) is 4.90 Å². The van der Waals surface area contributed by atoms with Crippen molar-refractivity contribution in [3.63, 3.8) is 0 Å². The maximum Gasteiger partial charge on any atom is 0.175 e. The van der Waals surface area contributed by atoms with Crippen molar-refractivity contribution in [1.29, 1.82) is 0 Å². The van der Waals surface area contributed by atoms with Gasteiger partial charge in [0.25, 0.3) is 0 Å². The van der Waals surface area contributed by atoms with Crippen molar-refractivity contribution >= 4 is 27.3 Å². The Morgan fingerprint density at radius 1 is 1.10 bits per heavy atom. The standard InChI is InChI=1S/C14H15NO3S2/c1-18-12-5-3-4-6-14(12)19-13-8-7-10(9-11(13)15)20(2,16)17/h3-9H,15H2,1-2H3. The molecule has 0 saturated heterocycles. The Morgan fingerprint density at radius 2 is 1.80 bits per heavy atom. The summed E-state index contributed by atoms with van der Waals surface area (Å²) in [6, 6.07) is 12.3. The highest BCUT2D eigenvalue weighted by molar-refractivity contribution is 7.99. The van der Waals surface area contributed by atoms with Crippen molar-refractivity contribution in [1.82, 2.24) is 0 Å². The van der Waals surface area contributed by atoms with Crippen molar-refractivity contribution in [2.45, 2.75) is 14.7 Å². The number of benzene rings is 2. The summed E-state index contributed by atoms with van der Waals surface area (Å²) in [6.45, 7) is 0. The molecule has 0 aromatic heterocycles. The molecule has 2 N–H and O–H groups in total. The Balaban J connectivity index is 2.35. The Kier molecular flexibility index (Phi) is 4.25. The molecule has 0 heterocycles. The average Bonchev–Trinajstić information content (AvgIpc) is 2.40. The van der Waals surface area contributed by atoms with Crippen LogP contribution in [0.25, 0.3) is 0 Å². The maximum atomic E-state index is 11.5. The minimum Gasteiger partial charge on any atom is -0.496 e. The minimum atomic E-state index is -3.24. The smallest absolute Gasteiger partial charge is 0.175 e. The van der Waals surface area contributed by atoms with Gasteiger partial charge in [-0.1, -0.05) is 23.9 Å². The number of nitrogen functional groups attached to an aromatic ring is 1. The summed E-state index contributed by atoms with van der Waals surface area (Å²) >= 11 is 1.44. The van der Waals surface area contributed by atoms with Crippen LogP contribution in [0.2, 0.25) is 0 Å². The van der Waals surface area contributed by atoms with Crippen molar-refractivity contribution < 1.29 is 13.2 Å². The van der Waals surface area contributed by atoms with Gasteiger partial charge in [0, 0.05) is 16.8 Å². The number of para-hydroxylation sites is 1. The van der Waals surface area contributed by atoms with Crippen LogP contribution in [-0.4, -0.2) is 21.8 Å². The molecule has 2 aromatic carbocycles. The number of hydrogen-bond acceptors (Lipinski definition) is 5. The number of hydrogen-bond donors (Lipinski definition) is 1. The first kappa shape index (κ1) is 14.7. The molecule has 0 saturated carbocycles. The first-order valence-electron chi connectivity index (χ1n) is 5.82. The third kappa shape index (κ3) is 3.26. The van der Waals surface area contributed by atoms with Gasteiger partial charge in [-0.25, -0.2) is 8.42 Å². The van der Waals surface area contributed by atoms with Gasteiger partial charge in [0.15, 0.2) is 9.84 Å². The highest BCUT2D eigenvalue weighted by Gasteiger charge is 2.11. The molecule has 20 heavy (non-hydrogen) atoms. The number of nitrogens with two attached hydrogens (primary N) is 1. The summed E-state index contributed by atoms with van der Waals surface area (Å²) in [7, 11) is -1.64. The third-order valence-electron chi connectivity index (χ3n) is 2.70. The van der Waals surface area contributed by atoms with E-state index in [1.54, 1.807) is 19.2 Å². The molecule has 0 amide bonds. The summed E-state index contributed by atoms with van der Waals surface area (Å²) < 4.78 is 28.2. The quantitative estimate of drug-likeness (QED) is 0.880. The summed E-state index contributed by atoms with van der Waals surface area (Å²) in [5.41, 5.74) is 6.37. The summed E-state index contributed by atoms with van der Waals surface area (Å²) in [4.78, 5) is 1.94. The Labute approximate surface area is 122 Å². The van der Waals surface area contributed by atoms with E-state index in [9.17, 15) is 8.42 Å². The third-order valence-corrected chi connectivity index (χ3v) is 4.96. The van der Waals surface area contributed by atoms with Gasteiger partial charge in [0.1, 0.15) is 5.75 Å². The Hall–Kier alpha value is -1.66. The van der Waals surface area contributed by atoms with Crippen LogP contribution in [0.4, 0.5) is 5.69 Å². The van der Waals surface area contributed by atoms with Gasteiger partial charge in [0.2, 0.25) is 0 Å². The SMILES string of the molecule is COc1ccccc1Sc1ccc(S(C)(=O)=O)cc1N. The zero-order valence-electron chi connectivity index (χ0n) is 11.2. The van der Waals surface area contributed by atoms with Gasteiger partial charge in [-0.2, -0.15) is 0 Å². The van der Waals surface area contributed by atoms with Crippen molar-refractivity contribution in [3.8, 4) is 5.75 Å². The lowest BCUT2D eigenvalue weighted by Gasteiger charge is -2.10. The first-order chi connectivity index (χ1) is 9.41. The number of ether oxygens (including phenoxy) is 1. The number of methoxy groups -OCH3 is 1. The van der Waals surface area contributed by atoms with E-state index < -0.39 is 9.84 Å². The molecule has 4 nitrogen and oxygen atoms in total. The fourth-order valence-corrected chi connectivity index (χ4v) is 3.28. The van der Waals surface area contributed by atoms with Crippen molar-refractivity contribution in [2.24, 2.45) is 0 Å². The number of sulfone groups is 1. The van der Waals surface area contributed by atoms with E-state index in [0.717, 1.165) is 21.8 Å². The summed E-state index contributed by atoms with van der Waals surface area (Å²) in [5.74, 6) is 0.754. The minimum absolute atomic E-state index is 0.222. The molecular formula is C14H15NO3S2. The molecule has 0 fully saturated rings. The van der Waals surface area contributed by atoms with E-state index in [4.69, 9.17) is 10.5 Å². The van der Waals surface area contributed by atoms with E-state index >= 15 is 0 Å². The normalized spacial score (nSPS) is 11.3. The first-order valence-corrected chi connectivity index (χ1v) is 8.53. The molecule has 0 bridgehead atoms. The average molecular weight is 309 g/mol. The molecule has 6 heteroatoms. The zero-order valence-corrected chi connectivity index (χ0v) is 12.8. The van der Waals surface area contributed by atoms with E-state index in [1.807, 2.05) is 24.3 Å². The van der Waals surface area contributed by atoms with Crippen LogP contribution in [0.5, 0.6) is 5.75 Å². The molecule has 0 aliphatic rings. The van der Waals surface area contributed by atoms with Gasteiger partial charge in [-0.15, -0.1) is 0 Å². The van der Waals surface area contributed by atoms with Gasteiger partial charge >= 0.3 is 0 Å². The fourth-order valence-electron chi connectivity index (χ4n) is 1.67. The lowest BCUT2D eigenvalue weighted by Crippen LogP contribution is -1.99. The highest BCUT2D eigenvalue weighted by Crippen LogP contribution is 2.38. The predicted octanol–water partition coefficient (Wildman–Crippen LogP) is 2.83. The Morgan fingerprint density at radius 3 is 2.40 bits per heavy atom. The lowest BCUT2D eigenvalue weighted by atomic mass is 10.3. The van der Waals surface area contributed by atoms with Crippen LogP contribution in [0.1, 0.15) is 0 Å². The monoisotopic (exact) mass is 309 g/mol. The van der Waals surface area contributed by atoms with E-state index in [2.05, 4.69) is 0 Å². The van der Waals surface area contributed by atoms with Gasteiger partial charge in [-0.05, 0) is 30.3 Å². The van der Waals surface area contributed by atoms with Crippen LogP contribution in [0, 0.1) is 0 Å². The number of anilines is 1. The molecule has 0 aliphatic heterocycles.